The third-order valence-corrected chi connectivity index (χ3v) is 3.65. The van der Waals surface area contributed by atoms with Crippen LogP contribution in [0.4, 0.5) is 4.39 Å². The Morgan fingerprint density at radius 1 is 1.23 bits per heavy atom. The van der Waals surface area contributed by atoms with Crippen molar-refractivity contribution in [3.8, 4) is 17.3 Å². The van der Waals surface area contributed by atoms with Crippen LogP contribution >= 0.6 is 0 Å². The first-order valence-electron chi connectivity index (χ1n) is 8.02. The largest absolute Gasteiger partial charge is 0.473 e. The Hall–Kier alpha value is -3.29. The van der Waals surface area contributed by atoms with Crippen molar-refractivity contribution in [2.45, 2.75) is 20.5 Å². The number of aryl methyl sites for hydroxylation is 1. The molecule has 0 fully saturated rings. The van der Waals surface area contributed by atoms with Crippen molar-refractivity contribution in [1.29, 1.82) is 0 Å². The third-order valence-electron chi connectivity index (χ3n) is 3.65. The Bertz CT molecular complexity index is 892. The lowest BCUT2D eigenvalue weighted by molar-refractivity contribution is 0.0955. The maximum absolute atomic E-state index is 13.0. The maximum atomic E-state index is 13.0. The number of halogens is 1. The second kappa shape index (κ2) is 7.73. The fraction of sp³-hybridized carbons (Fsp3) is 0.222. The molecule has 0 spiro atoms. The van der Waals surface area contributed by atoms with Gasteiger partial charge in [-0.3, -0.25) is 9.78 Å². The molecule has 0 aromatic carbocycles. The lowest BCUT2D eigenvalue weighted by Crippen LogP contribution is -2.22. The summed E-state index contributed by atoms with van der Waals surface area (Å²) in [7, 11) is 0. The van der Waals surface area contributed by atoms with Crippen LogP contribution in [0.1, 0.15) is 28.6 Å². The van der Waals surface area contributed by atoms with Gasteiger partial charge < -0.3 is 14.6 Å². The van der Waals surface area contributed by atoms with E-state index in [1.54, 1.807) is 19.1 Å². The van der Waals surface area contributed by atoms with Gasteiger partial charge in [-0.25, -0.2) is 9.37 Å². The zero-order valence-electron chi connectivity index (χ0n) is 14.3. The van der Waals surface area contributed by atoms with Gasteiger partial charge in [0.15, 0.2) is 0 Å². The van der Waals surface area contributed by atoms with Crippen molar-refractivity contribution in [3.63, 3.8) is 0 Å². The summed E-state index contributed by atoms with van der Waals surface area (Å²) >= 11 is 0. The Morgan fingerprint density at radius 2 is 2.08 bits per heavy atom. The summed E-state index contributed by atoms with van der Waals surface area (Å²) in [5, 5.41) is 6.67. The van der Waals surface area contributed by atoms with E-state index in [0.29, 0.717) is 40.7 Å². The molecule has 0 aliphatic carbocycles. The summed E-state index contributed by atoms with van der Waals surface area (Å²) in [4.78, 5) is 19.9. The van der Waals surface area contributed by atoms with Gasteiger partial charge in [-0.05, 0) is 32.0 Å². The number of ether oxygens (including phenoxy) is 1. The summed E-state index contributed by atoms with van der Waals surface area (Å²) in [6.45, 7) is 4.29. The SMILES string of the molecule is CCNC(=O)c1ccc(OCc2c(-c3ccc(F)cn3)noc2C)nc1. The Labute approximate surface area is 149 Å². The summed E-state index contributed by atoms with van der Waals surface area (Å²) in [6.07, 6.45) is 2.56. The molecule has 134 valence electrons. The highest BCUT2D eigenvalue weighted by Gasteiger charge is 2.17. The van der Waals surface area contributed by atoms with Gasteiger partial charge in [0.2, 0.25) is 5.88 Å². The highest BCUT2D eigenvalue weighted by Crippen LogP contribution is 2.25. The van der Waals surface area contributed by atoms with Crippen LogP contribution in [0.2, 0.25) is 0 Å². The quantitative estimate of drug-likeness (QED) is 0.730. The second-order valence-corrected chi connectivity index (χ2v) is 5.46. The summed E-state index contributed by atoms with van der Waals surface area (Å²) < 4.78 is 23.9. The second-order valence-electron chi connectivity index (χ2n) is 5.46. The molecule has 3 aromatic heterocycles. The standard InChI is InChI=1S/C18H17FN4O3/c1-3-20-18(24)12-4-7-16(22-8-12)25-10-14-11(2)26-23-17(14)15-6-5-13(19)9-21-15/h4-9H,3,10H2,1-2H3,(H,20,24). The van der Waals surface area contributed by atoms with Crippen LogP contribution in [0.5, 0.6) is 5.88 Å². The maximum Gasteiger partial charge on any atom is 0.252 e. The van der Waals surface area contributed by atoms with Gasteiger partial charge >= 0.3 is 0 Å². The van der Waals surface area contributed by atoms with E-state index in [2.05, 4.69) is 20.4 Å². The van der Waals surface area contributed by atoms with E-state index in [4.69, 9.17) is 9.26 Å². The molecule has 0 unspecified atom stereocenters. The van der Waals surface area contributed by atoms with Crippen molar-refractivity contribution < 1.29 is 18.4 Å². The lowest BCUT2D eigenvalue weighted by Gasteiger charge is -2.07. The fourth-order valence-corrected chi connectivity index (χ4v) is 2.29. The fourth-order valence-electron chi connectivity index (χ4n) is 2.29. The molecule has 0 atom stereocenters. The van der Waals surface area contributed by atoms with Gasteiger partial charge in [0.25, 0.3) is 5.91 Å². The zero-order valence-corrected chi connectivity index (χ0v) is 14.3. The number of pyridine rings is 2. The van der Waals surface area contributed by atoms with Crippen LogP contribution < -0.4 is 10.1 Å². The normalized spacial score (nSPS) is 10.6. The van der Waals surface area contributed by atoms with Crippen molar-refractivity contribution >= 4 is 5.91 Å². The number of rotatable bonds is 6. The number of amides is 1. The minimum absolute atomic E-state index is 0.150. The molecular formula is C18H17FN4O3. The van der Waals surface area contributed by atoms with Crippen LogP contribution in [0.3, 0.4) is 0 Å². The predicted octanol–water partition coefficient (Wildman–Crippen LogP) is 2.91. The van der Waals surface area contributed by atoms with Crippen molar-refractivity contribution in [2.75, 3.05) is 6.54 Å². The van der Waals surface area contributed by atoms with Crippen molar-refractivity contribution in [2.24, 2.45) is 0 Å². The van der Waals surface area contributed by atoms with Crippen LogP contribution in [0.25, 0.3) is 11.4 Å². The number of nitrogens with one attached hydrogen (secondary N) is 1. The zero-order chi connectivity index (χ0) is 18.5. The van der Waals surface area contributed by atoms with Gasteiger partial charge in [-0.1, -0.05) is 5.16 Å². The number of carbonyl (C=O) groups excluding carboxylic acids is 1. The summed E-state index contributed by atoms with van der Waals surface area (Å²) in [6, 6.07) is 6.08. The highest BCUT2D eigenvalue weighted by atomic mass is 19.1. The minimum Gasteiger partial charge on any atom is -0.473 e. The minimum atomic E-state index is -0.428. The molecule has 3 aromatic rings. The van der Waals surface area contributed by atoms with Crippen LogP contribution in [0.15, 0.2) is 41.2 Å². The number of aromatic nitrogens is 3. The van der Waals surface area contributed by atoms with Gasteiger partial charge in [0, 0.05) is 18.8 Å². The Morgan fingerprint density at radius 3 is 2.73 bits per heavy atom. The molecule has 0 saturated heterocycles. The van der Waals surface area contributed by atoms with E-state index >= 15 is 0 Å². The Balaban J connectivity index is 1.73. The van der Waals surface area contributed by atoms with Crippen molar-refractivity contribution in [1.82, 2.24) is 20.4 Å². The van der Waals surface area contributed by atoms with E-state index < -0.39 is 5.82 Å². The molecule has 26 heavy (non-hydrogen) atoms. The van der Waals surface area contributed by atoms with Gasteiger partial charge in [-0.2, -0.15) is 0 Å². The monoisotopic (exact) mass is 356 g/mol. The molecule has 0 bridgehead atoms. The average Bonchev–Trinajstić information content (AvgIpc) is 3.02. The molecule has 8 heteroatoms. The van der Waals surface area contributed by atoms with E-state index in [-0.39, 0.29) is 12.5 Å². The van der Waals surface area contributed by atoms with E-state index in [1.165, 1.54) is 18.3 Å². The van der Waals surface area contributed by atoms with Crippen LogP contribution in [-0.2, 0) is 6.61 Å². The molecule has 0 aliphatic rings. The molecule has 3 rings (SSSR count). The lowest BCUT2D eigenvalue weighted by atomic mass is 10.1. The van der Waals surface area contributed by atoms with Gasteiger partial charge in [-0.15, -0.1) is 0 Å². The van der Waals surface area contributed by atoms with Crippen molar-refractivity contribution in [3.05, 3.63) is 59.4 Å². The van der Waals surface area contributed by atoms with E-state index in [1.807, 2.05) is 6.92 Å². The molecule has 3 heterocycles. The molecule has 7 nitrogen and oxygen atoms in total. The first-order valence-corrected chi connectivity index (χ1v) is 8.02. The van der Waals surface area contributed by atoms with E-state index in [0.717, 1.165) is 6.20 Å². The molecule has 0 radical (unpaired) electrons. The van der Waals surface area contributed by atoms with Crippen LogP contribution in [0, 0.1) is 12.7 Å². The van der Waals surface area contributed by atoms with Gasteiger partial charge in [0.05, 0.1) is 23.0 Å². The average molecular weight is 356 g/mol. The molecular weight excluding hydrogens is 339 g/mol. The smallest absolute Gasteiger partial charge is 0.252 e. The molecule has 0 aliphatic heterocycles. The number of hydrogen-bond acceptors (Lipinski definition) is 6. The summed E-state index contributed by atoms with van der Waals surface area (Å²) in [5.74, 6) is 0.316. The molecule has 0 saturated carbocycles. The summed E-state index contributed by atoms with van der Waals surface area (Å²) in [5.41, 5.74) is 2.12. The van der Waals surface area contributed by atoms with Crippen LogP contribution in [-0.4, -0.2) is 27.6 Å². The van der Waals surface area contributed by atoms with Gasteiger partial charge in [0.1, 0.15) is 23.9 Å². The van der Waals surface area contributed by atoms with E-state index in [9.17, 15) is 9.18 Å². The molecule has 1 N–H and O–H groups in total. The third kappa shape index (κ3) is 3.85. The number of hydrogen-bond donors (Lipinski definition) is 1. The number of carbonyl (C=O) groups is 1. The first-order chi connectivity index (χ1) is 12.6. The topological polar surface area (TPSA) is 90.1 Å². The highest BCUT2D eigenvalue weighted by molar-refractivity contribution is 5.93. The predicted molar refractivity (Wildman–Crippen MR) is 91.0 cm³/mol. The first kappa shape index (κ1) is 17.5. The Kier molecular flexibility index (Phi) is 5.21. The molecule has 1 amide bonds. The number of nitrogens with zero attached hydrogens (tertiary/aromatic N) is 3.